The van der Waals surface area contributed by atoms with Crippen LogP contribution in [0, 0.1) is 0 Å². The van der Waals surface area contributed by atoms with Crippen molar-refractivity contribution in [3.8, 4) is 0 Å². The molecule has 0 fully saturated rings. The summed E-state index contributed by atoms with van der Waals surface area (Å²) < 4.78 is 0. The van der Waals surface area contributed by atoms with Crippen LogP contribution >= 0.6 is 0 Å². The highest BCUT2D eigenvalue weighted by atomic mass is 16.2. The molecule has 3 nitrogen and oxygen atoms in total. The number of nitrogens with zero attached hydrogens (tertiary/aromatic N) is 2. The number of carbonyl (C=O) groups is 1. The third kappa shape index (κ3) is 2.88. The van der Waals surface area contributed by atoms with Gasteiger partial charge in [0, 0.05) is 19.6 Å². The van der Waals surface area contributed by atoms with Crippen LogP contribution in [0.1, 0.15) is 31.4 Å². The van der Waals surface area contributed by atoms with Crippen molar-refractivity contribution in [2.45, 2.75) is 39.3 Å². The van der Waals surface area contributed by atoms with E-state index < -0.39 is 0 Å². The fraction of sp³-hybridized carbons (Fsp3) is 0.500. The van der Waals surface area contributed by atoms with Crippen molar-refractivity contribution in [3.63, 3.8) is 0 Å². The Kier molecular flexibility index (Phi) is 4.11. The minimum Gasteiger partial charge on any atom is -0.337 e. The number of benzene rings is 1. The standard InChI is InChI=1S/C18H24N2O/c1-3-19-13-16-7-5-4-6-15(16)12-17(19)18(21)20-10-8-14(2)9-11-20/h4-8,17H,3,9-13H2,1-2H3/t17-/m1/s1. The summed E-state index contributed by atoms with van der Waals surface area (Å²) >= 11 is 0. The lowest BCUT2D eigenvalue weighted by Crippen LogP contribution is -2.52. The Morgan fingerprint density at radius 2 is 2.05 bits per heavy atom. The summed E-state index contributed by atoms with van der Waals surface area (Å²) in [5.41, 5.74) is 4.11. The molecule has 2 heterocycles. The van der Waals surface area contributed by atoms with Crippen molar-refractivity contribution in [2.24, 2.45) is 0 Å². The fourth-order valence-corrected chi connectivity index (χ4v) is 3.33. The van der Waals surface area contributed by atoms with Gasteiger partial charge in [0.2, 0.25) is 5.91 Å². The normalized spacial score (nSPS) is 22.7. The topological polar surface area (TPSA) is 23.6 Å². The van der Waals surface area contributed by atoms with E-state index in [-0.39, 0.29) is 6.04 Å². The minimum atomic E-state index is 0.0108. The maximum Gasteiger partial charge on any atom is 0.240 e. The Bertz CT molecular complexity index is 564. The Labute approximate surface area is 127 Å². The minimum absolute atomic E-state index is 0.0108. The number of rotatable bonds is 2. The van der Waals surface area contributed by atoms with E-state index in [0.717, 1.165) is 39.0 Å². The summed E-state index contributed by atoms with van der Waals surface area (Å²) in [5.74, 6) is 0.301. The van der Waals surface area contributed by atoms with Crippen LogP contribution in [0.4, 0.5) is 0 Å². The highest BCUT2D eigenvalue weighted by molar-refractivity contribution is 5.83. The van der Waals surface area contributed by atoms with E-state index in [1.54, 1.807) is 0 Å². The molecular formula is C18H24N2O. The van der Waals surface area contributed by atoms with Crippen LogP contribution in [-0.2, 0) is 17.8 Å². The van der Waals surface area contributed by atoms with Crippen LogP contribution in [0.15, 0.2) is 35.9 Å². The van der Waals surface area contributed by atoms with Gasteiger partial charge in [-0.25, -0.2) is 0 Å². The lowest BCUT2D eigenvalue weighted by molar-refractivity contribution is -0.137. The first kappa shape index (κ1) is 14.3. The summed E-state index contributed by atoms with van der Waals surface area (Å²) in [6, 6.07) is 8.54. The molecule has 3 rings (SSSR count). The molecule has 0 saturated carbocycles. The van der Waals surface area contributed by atoms with Gasteiger partial charge in [0.15, 0.2) is 0 Å². The summed E-state index contributed by atoms with van der Waals surface area (Å²) in [6.45, 7) is 7.77. The number of hydrogen-bond acceptors (Lipinski definition) is 2. The van der Waals surface area contributed by atoms with Gasteiger partial charge in [-0.1, -0.05) is 42.8 Å². The molecule has 2 aliphatic rings. The summed E-state index contributed by atoms with van der Waals surface area (Å²) in [7, 11) is 0. The van der Waals surface area contributed by atoms with E-state index in [1.807, 2.05) is 4.90 Å². The van der Waals surface area contributed by atoms with Crippen molar-refractivity contribution in [2.75, 3.05) is 19.6 Å². The Hall–Kier alpha value is -1.61. The molecule has 0 saturated heterocycles. The monoisotopic (exact) mass is 284 g/mol. The quantitative estimate of drug-likeness (QED) is 0.779. The van der Waals surface area contributed by atoms with Crippen LogP contribution in [-0.4, -0.2) is 41.4 Å². The SMILES string of the molecule is CCN1Cc2ccccc2C[C@@H]1C(=O)N1CC=C(C)CC1. The number of amides is 1. The Morgan fingerprint density at radius 3 is 2.71 bits per heavy atom. The maximum absolute atomic E-state index is 12.9. The van der Waals surface area contributed by atoms with Gasteiger partial charge in [0.1, 0.15) is 0 Å². The first-order chi connectivity index (χ1) is 10.2. The zero-order chi connectivity index (χ0) is 14.8. The third-order valence-electron chi connectivity index (χ3n) is 4.78. The molecule has 1 aromatic carbocycles. The molecular weight excluding hydrogens is 260 g/mol. The van der Waals surface area contributed by atoms with Gasteiger partial charge in [0.25, 0.3) is 0 Å². The first-order valence-electron chi connectivity index (χ1n) is 7.94. The van der Waals surface area contributed by atoms with Crippen molar-refractivity contribution in [1.29, 1.82) is 0 Å². The van der Waals surface area contributed by atoms with Crippen molar-refractivity contribution >= 4 is 5.91 Å². The molecule has 21 heavy (non-hydrogen) atoms. The van der Waals surface area contributed by atoms with E-state index in [1.165, 1.54) is 16.7 Å². The highest BCUT2D eigenvalue weighted by Crippen LogP contribution is 2.25. The van der Waals surface area contributed by atoms with E-state index in [4.69, 9.17) is 0 Å². The smallest absolute Gasteiger partial charge is 0.240 e. The molecule has 0 unspecified atom stereocenters. The van der Waals surface area contributed by atoms with Gasteiger partial charge in [-0.15, -0.1) is 0 Å². The molecule has 0 radical (unpaired) electrons. The van der Waals surface area contributed by atoms with Crippen molar-refractivity contribution < 1.29 is 4.79 Å². The lowest BCUT2D eigenvalue weighted by atomic mass is 9.93. The number of carbonyl (C=O) groups excluding carboxylic acids is 1. The van der Waals surface area contributed by atoms with Crippen LogP contribution in [0.5, 0.6) is 0 Å². The Balaban J connectivity index is 1.79. The van der Waals surface area contributed by atoms with E-state index >= 15 is 0 Å². The molecule has 3 heteroatoms. The third-order valence-corrected chi connectivity index (χ3v) is 4.78. The van der Waals surface area contributed by atoms with Crippen LogP contribution in [0.3, 0.4) is 0 Å². The highest BCUT2D eigenvalue weighted by Gasteiger charge is 2.33. The molecule has 0 aromatic heterocycles. The summed E-state index contributed by atoms with van der Waals surface area (Å²) in [5, 5.41) is 0. The second-order valence-electron chi connectivity index (χ2n) is 6.14. The second kappa shape index (κ2) is 6.02. The van der Waals surface area contributed by atoms with Crippen molar-refractivity contribution in [1.82, 2.24) is 9.80 Å². The van der Waals surface area contributed by atoms with Crippen molar-refractivity contribution in [3.05, 3.63) is 47.0 Å². The molecule has 1 amide bonds. The predicted octanol–water partition coefficient (Wildman–Crippen LogP) is 2.61. The number of likely N-dealkylation sites (N-methyl/N-ethyl adjacent to an activating group) is 1. The van der Waals surface area contributed by atoms with Crippen LogP contribution in [0.25, 0.3) is 0 Å². The molecule has 1 atom stereocenters. The average molecular weight is 284 g/mol. The van der Waals surface area contributed by atoms with E-state index in [2.05, 4.69) is 49.1 Å². The van der Waals surface area contributed by atoms with Gasteiger partial charge in [-0.05, 0) is 37.4 Å². The van der Waals surface area contributed by atoms with Gasteiger partial charge in [-0.3, -0.25) is 9.69 Å². The maximum atomic E-state index is 12.9. The van der Waals surface area contributed by atoms with Crippen LogP contribution < -0.4 is 0 Å². The van der Waals surface area contributed by atoms with Gasteiger partial charge >= 0.3 is 0 Å². The molecule has 0 aliphatic carbocycles. The largest absolute Gasteiger partial charge is 0.337 e. The van der Waals surface area contributed by atoms with Gasteiger partial charge < -0.3 is 4.90 Å². The molecule has 0 spiro atoms. The number of hydrogen-bond donors (Lipinski definition) is 0. The zero-order valence-electron chi connectivity index (χ0n) is 13.0. The van der Waals surface area contributed by atoms with Crippen LogP contribution in [0.2, 0.25) is 0 Å². The first-order valence-corrected chi connectivity index (χ1v) is 7.94. The second-order valence-corrected chi connectivity index (χ2v) is 6.14. The van der Waals surface area contributed by atoms with E-state index in [9.17, 15) is 4.79 Å². The summed E-state index contributed by atoms with van der Waals surface area (Å²) in [6.07, 6.45) is 4.05. The molecule has 1 aromatic rings. The van der Waals surface area contributed by atoms with Gasteiger partial charge in [-0.2, -0.15) is 0 Å². The molecule has 0 bridgehead atoms. The molecule has 2 aliphatic heterocycles. The average Bonchev–Trinajstić information content (AvgIpc) is 2.53. The lowest BCUT2D eigenvalue weighted by Gasteiger charge is -2.38. The Morgan fingerprint density at radius 1 is 1.29 bits per heavy atom. The van der Waals surface area contributed by atoms with Gasteiger partial charge in [0.05, 0.1) is 6.04 Å². The fourth-order valence-electron chi connectivity index (χ4n) is 3.33. The molecule has 112 valence electrons. The van der Waals surface area contributed by atoms with E-state index in [0.29, 0.717) is 5.91 Å². The summed E-state index contributed by atoms with van der Waals surface area (Å²) in [4.78, 5) is 17.2. The number of fused-ring (bicyclic) bond motifs is 1. The zero-order valence-corrected chi connectivity index (χ0v) is 13.0. The molecule has 0 N–H and O–H groups in total. The predicted molar refractivity (Wildman–Crippen MR) is 85.0 cm³/mol.